The summed E-state index contributed by atoms with van der Waals surface area (Å²) in [6.07, 6.45) is 0.886. The first kappa shape index (κ1) is 40.7. The highest BCUT2D eigenvalue weighted by Crippen LogP contribution is 2.41. The first-order valence-electron chi connectivity index (χ1n) is 19.7. The molecule has 8 rings (SSSR count). The second kappa shape index (κ2) is 18.1. The fraction of sp³-hybridized carbons (Fsp3) is 0.277. The minimum Gasteiger partial charge on any atom is -0.489 e. The maximum atomic E-state index is 14.2. The molecule has 1 saturated heterocycles. The highest BCUT2D eigenvalue weighted by atomic mass is 35.5. The molecule has 0 aliphatic carbocycles. The van der Waals surface area contributed by atoms with Crippen LogP contribution in [0.3, 0.4) is 0 Å². The molecule has 2 amide bonds. The molecule has 0 aromatic heterocycles. The fourth-order valence-corrected chi connectivity index (χ4v) is 8.13. The van der Waals surface area contributed by atoms with Gasteiger partial charge in [-0.1, -0.05) is 77.8 Å². The highest BCUT2D eigenvalue weighted by Gasteiger charge is 2.40. The van der Waals surface area contributed by atoms with Crippen molar-refractivity contribution in [2.45, 2.75) is 57.0 Å². The Balaban J connectivity index is 0.965. The van der Waals surface area contributed by atoms with E-state index in [9.17, 15) is 19.5 Å². The number of aliphatic carboxylic acids is 1. The summed E-state index contributed by atoms with van der Waals surface area (Å²) in [5.41, 5.74) is 6.53. The first-order valence-corrected chi connectivity index (χ1v) is 20.5. The van der Waals surface area contributed by atoms with Gasteiger partial charge >= 0.3 is 5.97 Å². The van der Waals surface area contributed by atoms with Crippen molar-refractivity contribution in [3.63, 3.8) is 0 Å². The normalized spacial score (nSPS) is 17.8. The average molecular weight is 847 g/mol. The summed E-state index contributed by atoms with van der Waals surface area (Å²) in [5.74, 6) is -0.472. The SMILES string of the molecule is N#Cc1ccc(-c2ccc(CC(NC(=O)[C@@H]3Cc4cc5c(cc4CN3C(=O)C3CCOCC3)O[C@@H](c3ccc(OCc4ccc(Cl)c(Cl)c4)cc3)CO5)C(=O)O)cc2)cc1. The van der Waals surface area contributed by atoms with E-state index in [0.29, 0.717) is 65.5 Å². The monoisotopic (exact) mass is 845 g/mol. The number of amides is 2. The van der Waals surface area contributed by atoms with E-state index in [-0.39, 0.29) is 37.8 Å². The van der Waals surface area contributed by atoms with E-state index in [1.165, 1.54) is 0 Å². The van der Waals surface area contributed by atoms with Crippen molar-refractivity contribution in [3.05, 3.63) is 147 Å². The first-order chi connectivity index (χ1) is 29.1. The Kier molecular flexibility index (Phi) is 12.2. The van der Waals surface area contributed by atoms with Crippen LogP contribution >= 0.6 is 23.2 Å². The van der Waals surface area contributed by atoms with Gasteiger partial charge in [-0.25, -0.2) is 4.79 Å². The molecule has 13 heteroatoms. The van der Waals surface area contributed by atoms with Crippen molar-refractivity contribution in [3.8, 4) is 34.4 Å². The number of benzene rings is 5. The number of hydrogen-bond acceptors (Lipinski definition) is 8. The minimum atomic E-state index is -1.24. The third-order valence-electron chi connectivity index (χ3n) is 11.2. The van der Waals surface area contributed by atoms with Gasteiger partial charge in [0.15, 0.2) is 17.6 Å². The van der Waals surface area contributed by atoms with Gasteiger partial charge in [-0.15, -0.1) is 0 Å². The third kappa shape index (κ3) is 9.21. The molecule has 1 unspecified atom stereocenters. The predicted molar refractivity (Wildman–Crippen MR) is 224 cm³/mol. The predicted octanol–water partition coefficient (Wildman–Crippen LogP) is 8.12. The van der Waals surface area contributed by atoms with E-state index >= 15 is 0 Å². The van der Waals surface area contributed by atoms with Crippen molar-refractivity contribution >= 4 is 41.0 Å². The number of fused-ring (bicyclic) bond motifs is 2. The number of nitrogens with one attached hydrogen (secondary N) is 1. The molecule has 3 aliphatic rings. The quantitative estimate of drug-likeness (QED) is 0.135. The zero-order valence-corrected chi connectivity index (χ0v) is 34.0. The fourth-order valence-electron chi connectivity index (χ4n) is 7.81. The van der Waals surface area contributed by atoms with E-state index in [0.717, 1.165) is 38.9 Å². The highest BCUT2D eigenvalue weighted by molar-refractivity contribution is 6.42. The van der Waals surface area contributed by atoms with Gasteiger partial charge in [-0.3, -0.25) is 9.59 Å². The number of carboxylic acid groups (broad SMARTS) is 1. The number of halogens is 2. The molecule has 2 N–H and O–H groups in total. The van der Waals surface area contributed by atoms with Crippen LogP contribution < -0.4 is 19.5 Å². The summed E-state index contributed by atoms with van der Waals surface area (Å²) in [6, 6.07) is 31.2. The van der Waals surface area contributed by atoms with Gasteiger partial charge in [0.25, 0.3) is 0 Å². The number of carbonyl (C=O) groups is 3. The van der Waals surface area contributed by atoms with E-state index in [1.807, 2.05) is 78.9 Å². The smallest absolute Gasteiger partial charge is 0.326 e. The molecule has 0 saturated carbocycles. The van der Waals surface area contributed by atoms with Gasteiger partial charge in [-0.2, -0.15) is 5.26 Å². The topological polar surface area (TPSA) is 147 Å². The molecule has 5 aromatic carbocycles. The summed E-state index contributed by atoms with van der Waals surface area (Å²) in [6.45, 7) is 1.62. The van der Waals surface area contributed by atoms with E-state index < -0.39 is 30.1 Å². The molecule has 3 atom stereocenters. The number of nitriles is 1. The Morgan fingerprint density at radius 1 is 0.850 bits per heavy atom. The zero-order valence-electron chi connectivity index (χ0n) is 32.4. The van der Waals surface area contributed by atoms with Crippen LogP contribution in [0.2, 0.25) is 10.0 Å². The van der Waals surface area contributed by atoms with Crippen molar-refractivity contribution in [2.75, 3.05) is 19.8 Å². The van der Waals surface area contributed by atoms with Crippen molar-refractivity contribution in [2.24, 2.45) is 5.92 Å². The Hall–Kier alpha value is -6.06. The molecule has 1 fully saturated rings. The molecular weight excluding hydrogens is 805 g/mol. The largest absolute Gasteiger partial charge is 0.489 e. The molecule has 3 aliphatic heterocycles. The second-order valence-corrected chi connectivity index (χ2v) is 16.0. The molecule has 5 aromatic rings. The third-order valence-corrected chi connectivity index (χ3v) is 11.9. The van der Waals surface area contributed by atoms with E-state index in [2.05, 4.69) is 11.4 Å². The summed E-state index contributed by atoms with van der Waals surface area (Å²) < 4.78 is 24.2. The van der Waals surface area contributed by atoms with Crippen LogP contribution in [0.1, 0.15) is 52.3 Å². The molecule has 60 heavy (non-hydrogen) atoms. The Morgan fingerprint density at radius 2 is 1.53 bits per heavy atom. The number of hydrogen-bond donors (Lipinski definition) is 2. The lowest BCUT2D eigenvalue weighted by Gasteiger charge is -2.39. The van der Waals surface area contributed by atoms with Crippen molar-refractivity contribution in [1.82, 2.24) is 10.2 Å². The second-order valence-electron chi connectivity index (χ2n) is 15.2. The van der Waals surface area contributed by atoms with Gasteiger partial charge < -0.3 is 34.3 Å². The van der Waals surface area contributed by atoms with Crippen LogP contribution in [0.4, 0.5) is 0 Å². The van der Waals surface area contributed by atoms with Crippen LogP contribution in [-0.4, -0.2) is 59.7 Å². The molecule has 306 valence electrons. The number of carboxylic acids is 1. The lowest BCUT2D eigenvalue weighted by Crippen LogP contribution is -2.57. The van der Waals surface area contributed by atoms with Gasteiger partial charge in [0.05, 0.1) is 21.7 Å². The summed E-state index contributed by atoms with van der Waals surface area (Å²) in [4.78, 5) is 42.5. The lowest BCUT2D eigenvalue weighted by atomic mass is 9.89. The molecule has 0 radical (unpaired) electrons. The number of ether oxygens (including phenoxy) is 4. The van der Waals surface area contributed by atoms with Crippen LogP contribution in [0.25, 0.3) is 11.1 Å². The number of rotatable bonds is 11. The number of carbonyl (C=O) groups excluding carboxylic acids is 2. The van der Waals surface area contributed by atoms with Gasteiger partial charge in [-0.05, 0) is 100 Å². The van der Waals surface area contributed by atoms with Crippen LogP contribution in [0, 0.1) is 17.2 Å². The van der Waals surface area contributed by atoms with E-state index in [1.54, 1.807) is 29.2 Å². The molecule has 0 spiro atoms. The Bertz CT molecular complexity index is 2430. The standard InChI is InChI=1S/C47H41Cl2N3O8/c48-38-14-5-30(19-39(38)49)26-58-37-12-10-33(11-13-37)44-27-59-42-22-35-21-41(52(25-36(35)23-43(42)60-44)46(54)34-15-17-57-18-16-34)45(53)51-40(47(55)56)20-28-1-6-31(7-2-28)32-8-3-29(24-50)4-9-32/h1-14,19,22-23,34,40-41,44H,15-18,20-21,25-27H2,(H,51,53)(H,55,56)/t40?,41-,44+/m0/s1. The number of nitrogens with zero attached hydrogens (tertiary/aromatic N) is 2. The van der Waals surface area contributed by atoms with Crippen LogP contribution in [0.5, 0.6) is 17.2 Å². The Morgan fingerprint density at radius 3 is 2.22 bits per heavy atom. The zero-order chi connectivity index (χ0) is 41.8. The molecular formula is C47H41Cl2N3O8. The summed E-state index contributed by atoms with van der Waals surface area (Å²) >= 11 is 12.2. The van der Waals surface area contributed by atoms with Crippen molar-refractivity contribution in [1.29, 1.82) is 5.26 Å². The Labute approximate surface area is 357 Å². The summed E-state index contributed by atoms with van der Waals surface area (Å²) in [7, 11) is 0. The van der Waals surface area contributed by atoms with E-state index in [4.69, 9.17) is 47.4 Å². The van der Waals surface area contributed by atoms with Crippen molar-refractivity contribution < 1.29 is 38.4 Å². The maximum Gasteiger partial charge on any atom is 0.326 e. The minimum absolute atomic E-state index is 0.0419. The van der Waals surface area contributed by atoms with Gasteiger partial charge in [0.1, 0.15) is 31.0 Å². The molecule has 3 heterocycles. The average Bonchev–Trinajstić information content (AvgIpc) is 3.28. The molecule has 11 nitrogen and oxygen atoms in total. The molecule has 0 bridgehead atoms. The van der Waals surface area contributed by atoms with Gasteiger partial charge in [0.2, 0.25) is 11.8 Å². The summed E-state index contributed by atoms with van der Waals surface area (Å²) in [5, 5.41) is 23.1. The maximum absolute atomic E-state index is 14.2. The van der Waals surface area contributed by atoms with Crippen LogP contribution in [0.15, 0.2) is 103 Å². The van der Waals surface area contributed by atoms with Gasteiger partial charge in [0, 0.05) is 38.5 Å². The lowest BCUT2D eigenvalue weighted by molar-refractivity contribution is -0.149. The van der Waals surface area contributed by atoms with Crippen LogP contribution in [-0.2, 0) is 45.1 Å².